The lowest BCUT2D eigenvalue weighted by atomic mass is 9.93. The molecule has 1 saturated carbocycles. The van der Waals surface area contributed by atoms with Crippen LogP contribution in [0.2, 0.25) is 18.1 Å². The molecule has 0 saturated heterocycles. The molecule has 1 heterocycles. The molecule has 2 aromatic rings. The number of carbonyl (C=O) groups excluding carboxylic acids is 1. The van der Waals surface area contributed by atoms with Crippen LogP contribution in [0.4, 0.5) is 0 Å². The molecular weight excluding hydrogens is 420 g/mol. The molecule has 1 fully saturated rings. The Balaban J connectivity index is 2.14. The first kappa shape index (κ1) is 24.7. The topological polar surface area (TPSA) is 65.7 Å². The Morgan fingerprint density at radius 2 is 1.84 bits per heavy atom. The van der Waals surface area contributed by atoms with Crippen molar-refractivity contribution in [3.05, 3.63) is 44.8 Å². The van der Waals surface area contributed by atoms with E-state index in [4.69, 9.17) is 13.6 Å². The zero-order valence-electron chi connectivity index (χ0n) is 21.1. The van der Waals surface area contributed by atoms with Gasteiger partial charge in [0.15, 0.2) is 13.7 Å². The van der Waals surface area contributed by atoms with Crippen LogP contribution in [0.3, 0.4) is 0 Å². The molecule has 5 nitrogen and oxygen atoms in total. The second kappa shape index (κ2) is 8.45. The van der Waals surface area contributed by atoms with E-state index in [-0.39, 0.29) is 29.0 Å². The number of ether oxygens (including phenoxy) is 1. The summed E-state index contributed by atoms with van der Waals surface area (Å²) in [5.74, 6) is 0.388. The third-order valence-corrected chi connectivity index (χ3v) is 11.8. The molecule has 176 valence electrons. The molecule has 0 unspecified atom stereocenters. The standard InChI is InChI=1S/C26H38O5Si/c1-10-29-21(27)15-26(11-12-26)24-17(3)22(28)20-14-16(2)13-19(23(20)30-24)18(4)31-32(8,9)25(5,6)7/h13-14,18H,10-12,15H2,1-9H3/t18-/m0/s1. The fraction of sp³-hybridized carbons (Fsp3) is 0.615. The molecule has 0 radical (unpaired) electrons. The molecule has 0 spiro atoms. The van der Waals surface area contributed by atoms with E-state index in [0.29, 0.717) is 28.9 Å². The lowest BCUT2D eigenvalue weighted by Crippen LogP contribution is -2.41. The van der Waals surface area contributed by atoms with Gasteiger partial charge in [-0.15, -0.1) is 0 Å². The Morgan fingerprint density at radius 3 is 2.38 bits per heavy atom. The van der Waals surface area contributed by atoms with Gasteiger partial charge in [-0.2, -0.15) is 0 Å². The van der Waals surface area contributed by atoms with Crippen LogP contribution < -0.4 is 5.43 Å². The van der Waals surface area contributed by atoms with Crippen molar-refractivity contribution in [3.8, 4) is 0 Å². The highest BCUT2D eigenvalue weighted by Gasteiger charge is 2.50. The molecule has 1 aromatic heterocycles. The number of fused-ring (bicyclic) bond motifs is 1. The van der Waals surface area contributed by atoms with Gasteiger partial charge in [-0.25, -0.2) is 0 Å². The van der Waals surface area contributed by atoms with Gasteiger partial charge in [-0.1, -0.05) is 20.8 Å². The van der Waals surface area contributed by atoms with Gasteiger partial charge in [-0.3, -0.25) is 9.59 Å². The van der Waals surface area contributed by atoms with Crippen molar-refractivity contribution in [2.45, 2.75) is 97.4 Å². The van der Waals surface area contributed by atoms with E-state index < -0.39 is 13.7 Å². The van der Waals surface area contributed by atoms with Crippen LogP contribution >= 0.6 is 0 Å². The lowest BCUT2D eigenvalue weighted by Gasteiger charge is -2.38. The lowest BCUT2D eigenvalue weighted by molar-refractivity contribution is -0.143. The molecular formula is C26H38O5Si. The minimum Gasteiger partial charge on any atom is -0.466 e. The van der Waals surface area contributed by atoms with Crippen molar-refractivity contribution in [2.75, 3.05) is 6.61 Å². The summed E-state index contributed by atoms with van der Waals surface area (Å²) >= 11 is 0. The zero-order valence-corrected chi connectivity index (χ0v) is 22.1. The first-order chi connectivity index (χ1) is 14.7. The van der Waals surface area contributed by atoms with Crippen LogP contribution in [0, 0.1) is 13.8 Å². The van der Waals surface area contributed by atoms with Gasteiger partial charge in [0.1, 0.15) is 11.3 Å². The van der Waals surface area contributed by atoms with E-state index in [2.05, 4.69) is 39.9 Å². The maximum atomic E-state index is 13.4. The summed E-state index contributed by atoms with van der Waals surface area (Å²) in [6, 6.07) is 3.96. The third kappa shape index (κ3) is 4.58. The second-order valence-corrected chi connectivity index (χ2v) is 15.7. The first-order valence-electron chi connectivity index (χ1n) is 11.6. The normalized spacial score (nSPS) is 16.8. The second-order valence-electron chi connectivity index (χ2n) is 10.9. The molecule has 0 aliphatic heterocycles. The van der Waals surface area contributed by atoms with Gasteiger partial charge >= 0.3 is 5.97 Å². The predicted molar refractivity (Wildman–Crippen MR) is 131 cm³/mol. The Hall–Kier alpha value is -1.92. The van der Waals surface area contributed by atoms with Gasteiger partial charge in [0, 0.05) is 16.5 Å². The molecule has 1 aromatic carbocycles. The molecule has 3 rings (SSSR count). The van der Waals surface area contributed by atoms with Crippen molar-refractivity contribution in [1.82, 2.24) is 0 Å². The predicted octanol–water partition coefficient (Wildman–Crippen LogP) is 6.48. The summed E-state index contributed by atoms with van der Waals surface area (Å²) in [5.41, 5.74) is 2.62. The number of esters is 1. The highest BCUT2D eigenvalue weighted by Crippen LogP contribution is 2.52. The van der Waals surface area contributed by atoms with E-state index in [9.17, 15) is 9.59 Å². The Kier molecular flexibility index (Phi) is 6.53. The summed E-state index contributed by atoms with van der Waals surface area (Å²) in [7, 11) is -2.03. The van der Waals surface area contributed by atoms with E-state index in [1.54, 1.807) is 6.92 Å². The molecule has 32 heavy (non-hydrogen) atoms. The number of carbonyl (C=O) groups is 1. The largest absolute Gasteiger partial charge is 0.466 e. The van der Waals surface area contributed by atoms with Crippen molar-refractivity contribution in [2.24, 2.45) is 0 Å². The number of benzene rings is 1. The van der Waals surface area contributed by atoms with E-state index in [1.807, 2.05) is 26.8 Å². The van der Waals surface area contributed by atoms with Crippen LogP contribution in [-0.2, 0) is 19.4 Å². The van der Waals surface area contributed by atoms with Crippen molar-refractivity contribution >= 4 is 25.3 Å². The molecule has 0 N–H and O–H groups in total. The van der Waals surface area contributed by atoms with Crippen LogP contribution in [0.1, 0.15) is 82.4 Å². The van der Waals surface area contributed by atoms with Crippen molar-refractivity contribution in [1.29, 1.82) is 0 Å². The summed E-state index contributed by atoms with van der Waals surface area (Å²) in [4.78, 5) is 25.6. The molecule has 0 amide bonds. The average molecular weight is 459 g/mol. The summed E-state index contributed by atoms with van der Waals surface area (Å²) in [6.07, 6.45) is 1.67. The molecule has 1 aliphatic rings. The maximum absolute atomic E-state index is 13.4. The van der Waals surface area contributed by atoms with Crippen LogP contribution in [0.25, 0.3) is 11.0 Å². The summed E-state index contributed by atoms with van der Waals surface area (Å²) in [5, 5.41) is 0.653. The Labute approximate surface area is 192 Å². The number of rotatable bonds is 7. The van der Waals surface area contributed by atoms with Gasteiger partial charge in [0.25, 0.3) is 0 Å². The van der Waals surface area contributed by atoms with Crippen molar-refractivity contribution < 1.29 is 18.4 Å². The smallest absolute Gasteiger partial charge is 0.306 e. The minimum atomic E-state index is -2.03. The summed E-state index contributed by atoms with van der Waals surface area (Å²) < 4.78 is 18.4. The molecule has 6 heteroatoms. The first-order valence-corrected chi connectivity index (χ1v) is 14.5. The highest BCUT2D eigenvalue weighted by atomic mass is 28.4. The van der Waals surface area contributed by atoms with Crippen LogP contribution in [-0.4, -0.2) is 20.9 Å². The summed E-state index contributed by atoms with van der Waals surface area (Å²) in [6.45, 7) is 19.1. The van der Waals surface area contributed by atoms with Gasteiger partial charge in [0.2, 0.25) is 0 Å². The Bertz CT molecular complexity index is 1090. The third-order valence-electron chi connectivity index (χ3n) is 7.23. The van der Waals surface area contributed by atoms with E-state index >= 15 is 0 Å². The van der Waals surface area contributed by atoms with Gasteiger partial charge in [-0.05, 0) is 76.4 Å². The molecule has 1 atom stereocenters. The van der Waals surface area contributed by atoms with Crippen LogP contribution in [0.15, 0.2) is 21.3 Å². The number of aryl methyl sites for hydroxylation is 1. The van der Waals surface area contributed by atoms with E-state index in [1.165, 1.54) is 0 Å². The number of hydrogen-bond donors (Lipinski definition) is 0. The van der Waals surface area contributed by atoms with E-state index in [0.717, 1.165) is 24.0 Å². The van der Waals surface area contributed by atoms with Gasteiger partial charge in [0.05, 0.1) is 24.5 Å². The highest BCUT2D eigenvalue weighted by molar-refractivity contribution is 6.74. The van der Waals surface area contributed by atoms with Crippen LogP contribution in [0.5, 0.6) is 0 Å². The SMILES string of the molecule is CCOC(=O)CC1(c2oc3c([C@H](C)O[Si](C)(C)C(C)(C)C)cc(C)cc3c(=O)c2C)CC1. The monoisotopic (exact) mass is 458 g/mol. The minimum absolute atomic E-state index is 0.0270. The van der Waals surface area contributed by atoms with Gasteiger partial charge < -0.3 is 13.6 Å². The quantitative estimate of drug-likeness (QED) is 0.351. The maximum Gasteiger partial charge on any atom is 0.306 e. The van der Waals surface area contributed by atoms with Crippen molar-refractivity contribution in [3.63, 3.8) is 0 Å². The average Bonchev–Trinajstić information content (AvgIpc) is 3.43. The Morgan fingerprint density at radius 1 is 1.22 bits per heavy atom. The molecule has 0 bridgehead atoms. The fourth-order valence-electron chi connectivity index (χ4n) is 4.18. The molecule has 1 aliphatic carbocycles. The zero-order chi connectivity index (χ0) is 24.1. The fourth-order valence-corrected chi connectivity index (χ4v) is 5.55. The number of hydrogen-bond acceptors (Lipinski definition) is 5.